The Hall–Kier alpha value is -3.22. The summed E-state index contributed by atoms with van der Waals surface area (Å²) in [7, 11) is 0. The topological polar surface area (TPSA) is 52.9 Å². The van der Waals surface area contributed by atoms with Crippen LogP contribution in [0.5, 0.6) is 5.75 Å². The van der Waals surface area contributed by atoms with Crippen molar-refractivity contribution in [1.82, 2.24) is 0 Å². The Morgan fingerprint density at radius 2 is 1.28 bits per heavy atom. The fraction of sp³-hybridized carbons (Fsp3) is 0. The summed E-state index contributed by atoms with van der Waals surface area (Å²) in [6.45, 7) is 0. The molecule has 0 unspecified atom stereocenters. The predicted molar refractivity (Wildman–Crippen MR) is 136 cm³/mol. The Labute approximate surface area is 203 Å². The van der Waals surface area contributed by atoms with Gasteiger partial charge in [-0.15, -0.1) is 0 Å². The van der Waals surface area contributed by atoms with Gasteiger partial charge in [-0.2, -0.15) is 0 Å². The molecule has 4 aromatic rings. The molecule has 0 spiro atoms. The molecule has 0 saturated heterocycles. The standard InChI is InChI=1S/C26H18Br2N2O2/c27-19-10-14-21(15-11-19)29-25(18-6-2-1-3-7-18)30(22-16-12-20(28)13-17-22)26(32)23-8-4-5-9-24(23)31/h1-17,31H. The number of carbonyl (C=O) groups excluding carboxylic acids is 1. The minimum absolute atomic E-state index is 0.0873. The van der Waals surface area contributed by atoms with Gasteiger partial charge in [0, 0.05) is 14.5 Å². The lowest BCUT2D eigenvalue weighted by atomic mass is 10.1. The molecule has 0 radical (unpaired) electrons. The van der Waals surface area contributed by atoms with Crippen molar-refractivity contribution in [1.29, 1.82) is 0 Å². The fourth-order valence-electron chi connectivity index (χ4n) is 3.17. The molecular formula is C26H18Br2N2O2. The van der Waals surface area contributed by atoms with Gasteiger partial charge in [0.05, 0.1) is 16.9 Å². The van der Waals surface area contributed by atoms with E-state index in [4.69, 9.17) is 4.99 Å². The number of phenolic OH excluding ortho intramolecular Hbond substituents is 1. The lowest BCUT2D eigenvalue weighted by Gasteiger charge is -2.25. The number of aromatic hydroxyl groups is 1. The number of rotatable bonds is 4. The third kappa shape index (κ3) is 4.98. The number of para-hydroxylation sites is 1. The number of hydrogen-bond donors (Lipinski definition) is 1. The summed E-state index contributed by atoms with van der Waals surface area (Å²) in [4.78, 5) is 20.2. The SMILES string of the molecule is O=C(c1ccccc1O)N(C(=Nc1ccc(Br)cc1)c1ccccc1)c1ccc(Br)cc1. The molecule has 0 saturated carbocycles. The van der Waals surface area contributed by atoms with Gasteiger partial charge in [-0.1, -0.05) is 74.3 Å². The van der Waals surface area contributed by atoms with E-state index in [1.807, 2.05) is 78.9 Å². The molecule has 0 aliphatic heterocycles. The second kappa shape index (κ2) is 9.94. The Kier molecular flexibility index (Phi) is 6.83. The van der Waals surface area contributed by atoms with Crippen molar-refractivity contribution < 1.29 is 9.90 Å². The van der Waals surface area contributed by atoms with E-state index in [2.05, 4.69) is 31.9 Å². The van der Waals surface area contributed by atoms with Gasteiger partial charge in [0.15, 0.2) is 0 Å². The average Bonchev–Trinajstić information content (AvgIpc) is 2.82. The summed E-state index contributed by atoms with van der Waals surface area (Å²) in [5.41, 5.74) is 2.28. The minimum atomic E-state index is -0.384. The number of aliphatic imine (C=N–C) groups is 1. The molecular weight excluding hydrogens is 532 g/mol. The van der Waals surface area contributed by atoms with Crippen molar-refractivity contribution in [3.63, 3.8) is 0 Å². The van der Waals surface area contributed by atoms with E-state index in [1.165, 1.54) is 11.0 Å². The molecule has 158 valence electrons. The summed E-state index contributed by atoms with van der Waals surface area (Å²) in [5.74, 6) is -0.0238. The first kappa shape index (κ1) is 22.0. The van der Waals surface area contributed by atoms with Crippen LogP contribution < -0.4 is 4.90 Å². The van der Waals surface area contributed by atoms with E-state index in [9.17, 15) is 9.90 Å². The van der Waals surface area contributed by atoms with Gasteiger partial charge in [-0.25, -0.2) is 4.99 Å². The van der Waals surface area contributed by atoms with Crippen LogP contribution in [-0.4, -0.2) is 16.8 Å². The van der Waals surface area contributed by atoms with Crippen molar-refractivity contribution in [2.24, 2.45) is 4.99 Å². The number of amidine groups is 1. The van der Waals surface area contributed by atoms with Crippen LogP contribution >= 0.6 is 31.9 Å². The second-order valence-electron chi connectivity index (χ2n) is 6.91. The predicted octanol–water partition coefficient (Wildman–Crippen LogP) is 7.34. The molecule has 0 heterocycles. The zero-order valence-electron chi connectivity index (χ0n) is 16.8. The van der Waals surface area contributed by atoms with Crippen LogP contribution in [0, 0.1) is 0 Å². The van der Waals surface area contributed by atoms with E-state index < -0.39 is 0 Å². The van der Waals surface area contributed by atoms with Crippen molar-refractivity contribution in [2.75, 3.05) is 4.90 Å². The largest absolute Gasteiger partial charge is 0.507 e. The molecule has 1 N–H and O–H groups in total. The highest BCUT2D eigenvalue weighted by atomic mass is 79.9. The molecule has 0 aliphatic carbocycles. The number of anilines is 1. The molecule has 0 bridgehead atoms. The number of amides is 1. The second-order valence-corrected chi connectivity index (χ2v) is 8.74. The summed E-state index contributed by atoms with van der Waals surface area (Å²) in [6.07, 6.45) is 0. The number of benzene rings is 4. The maximum atomic E-state index is 13.8. The monoisotopic (exact) mass is 548 g/mol. The molecule has 1 amide bonds. The number of hydrogen-bond acceptors (Lipinski definition) is 3. The summed E-state index contributed by atoms with van der Waals surface area (Å²) in [5, 5.41) is 10.4. The van der Waals surface area contributed by atoms with Crippen LogP contribution in [-0.2, 0) is 0 Å². The van der Waals surface area contributed by atoms with Crippen LogP contribution in [0.1, 0.15) is 15.9 Å². The number of halogens is 2. The molecule has 4 rings (SSSR count). The van der Waals surface area contributed by atoms with Gasteiger partial charge in [-0.3, -0.25) is 9.69 Å². The zero-order chi connectivity index (χ0) is 22.5. The van der Waals surface area contributed by atoms with Gasteiger partial charge < -0.3 is 5.11 Å². The summed E-state index contributed by atoms with van der Waals surface area (Å²) >= 11 is 6.90. The Morgan fingerprint density at radius 1 is 0.719 bits per heavy atom. The van der Waals surface area contributed by atoms with Crippen molar-refractivity contribution in [3.05, 3.63) is 123 Å². The first-order valence-electron chi connectivity index (χ1n) is 9.80. The number of carbonyl (C=O) groups is 1. The highest BCUT2D eigenvalue weighted by molar-refractivity contribution is 9.10. The molecule has 6 heteroatoms. The zero-order valence-corrected chi connectivity index (χ0v) is 20.0. The fourth-order valence-corrected chi connectivity index (χ4v) is 3.70. The van der Waals surface area contributed by atoms with Crippen molar-refractivity contribution in [3.8, 4) is 5.75 Å². The molecule has 0 aliphatic rings. The molecule has 4 nitrogen and oxygen atoms in total. The first-order chi connectivity index (χ1) is 15.5. The van der Waals surface area contributed by atoms with Gasteiger partial charge >= 0.3 is 0 Å². The average molecular weight is 550 g/mol. The van der Waals surface area contributed by atoms with Crippen molar-refractivity contribution >= 4 is 55.0 Å². The van der Waals surface area contributed by atoms with Crippen molar-refractivity contribution in [2.45, 2.75) is 0 Å². The highest BCUT2D eigenvalue weighted by Crippen LogP contribution is 2.28. The highest BCUT2D eigenvalue weighted by Gasteiger charge is 2.26. The maximum absolute atomic E-state index is 13.8. The van der Waals surface area contributed by atoms with Gasteiger partial charge in [0.2, 0.25) is 0 Å². The lowest BCUT2D eigenvalue weighted by Crippen LogP contribution is -2.37. The quantitative estimate of drug-likeness (QED) is 0.214. The van der Waals surface area contributed by atoms with Crippen LogP contribution in [0.2, 0.25) is 0 Å². The molecule has 0 atom stereocenters. The summed E-state index contributed by atoms with van der Waals surface area (Å²) in [6, 6.07) is 31.0. The Bertz CT molecular complexity index is 1260. The van der Waals surface area contributed by atoms with Crippen LogP contribution in [0.3, 0.4) is 0 Å². The lowest BCUT2D eigenvalue weighted by molar-refractivity contribution is 0.1000. The molecule has 32 heavy (non-hydrogen) atoms. The summed E-state index contributed by atoms with van der Waals surface area (Å²) < 4.78 is 1.83. The van der Waals surface area contributed by atoms with Gasteiger partial charge in [0.25, 0.3) is 5.91 Å². The normalized spacial score (nSPS) is 11.2. The van der Waals surface area contributed by atoms with Gasteiger partial charge in [-0.05, 0) is 60.7 Å². The maximum Gasteiger partial charge on any atom is 0.267 e. The Morgan fingerprint density at radius 3 is 1.91 bits per heavy atom. The third-order valence-electron chi connectivity index (χ3n) is 4.73. The number of phenols is 1. The van der Waals surface area contributed by atoms with E-state index in [1.54, 1.807) is 18.2 Å². The molecule has 0 fully saturated rings. The van der Waals surface area contributed by atoms with Crippen LogP contribution in [0.15, 0.2) is 117 Å². The first-order valence-corrected chi connectivity index (χ1v) is 11.4. The van der Waals surface area contributed by atoms with Crippen LogP contribution in [0.25, 0.3) is 0 Å². The minimum Gasteiger partial charge on any atom is -0.507 e. The van der Waals surface area contributed by atoms with E-state index >= 15 is 0 Å². The van der Waals surface area contributed by atoms with E-state index in [0.717, 1.165) is 14.5 Å². The van der Waals surface area contributed by atoms with E-state index in [0.29, 0.717) is 17.2 Å². The number of nitrogens with zero attached hydrogens (tertiary/aromatic N) is 2. The Balaban J connectivity index is 1.94. The smallest absolute Gasteiger partial charge is 0.267 e. The molecule has 4 aromatic carbocycles. The van der Waals surface area contributed by atoms with Crippen LogP contribution in [0.4, 0.5) is 11.4 Å². The van der Waals surface area contributed by atoms with Gasteiger partial charge in [0.1, 0.15) is 11.6 Å². The van der Waals surface area contributed by atoms with E-state index in [-0.39, 0.29) is 17.2 Å². The third-order valence-corrected chi connectivity index (χ3v) is 5.79. The molecule has 0 aromatic heterocycles.